The first-order chi connectivity index (χ1) is 27.3. The van der Waals surface area contributed by atoms with Crippen LogP contribution in [0.1, 0.15) is 0 Å². The number of rotatable bonds is 9. The predicted octanol–water partition coefficient (Wildman–Crippen LogP) is 15.2. The van der Waals surface area contributed by atoms with E-state index in [1.165, 1.54) is 61.2 Å². The summed E-state index contributed by atoms with van der Waals surface area (Å²) in [5.74, 6) is 0. The summed E-state index contributed by atoms with van der Waals surface area (Å²) in [5.41, 5.74) is 17.6. The van der Waals surface area contributed by atoms with Crippen molar-refractivity contribution in [1.29, 1.82) is 0 Å². The molecule has 0 heterocycles. The van der Waals surface area contributed by atoms with Gasteiger partial charge < -0.3 is 4.90 Å². The number of benzene rings is 9. The zero-order valence-electron chi connectivity index (χ0n) is 30.5. The van der Waals surface area contributed by atoms with E-state index >= 15 is 0 Å². The summed E-state index contributed by atoms with van der Waals surface area (Å²) in [4.78, 5) is 2.40. The Balaban J connectivity index is 1.17. The smallest absolute Gasteiger partial charge is 0.0540 e. The molecular formula is C54H39N. The summed E-state index contributed by atoms with van der Waals surface area (Å²) in [5, 5.41) is 0. The molecule has 260 valence electrons. The lowest BCUT2D eigenvalue weighted by Gasteiger charge is -2.29. The van der Waals surface area contributed by atoms with Gasteiger partial charge in [-0.05, 0) is 97.6 Å². The minimum Gasteiger partial charge on any atom is -0.310 e. The summed E-state index contributed by atoms with van der Waals surface area (Å²) in [6.07, 6.45) is 0. The third-order valence-corrected chi connectivity index (χ3v) is 10.3. The van der Waals surface area contributed by atoms with Crippen LogP contribution in [0.15, 0.2) is 237 Å². The molecular weight excluding hydrogens is 663 g/mol. The van der Waals surface area contributed by atoms with Crippen molar-refractivity contribution in [2.24, 2.45) is 0 Å². The molecule has 0 aliphatic heterocycles. The molecule has 1 nitrogen and oxygen atoms in total. The topological polar surface area (TPSA) is 3.24 Å². The Hall–Kier alpha value is -7.22. The quantitative estimate of drug-likeness (QED) is 0.145. The van der Waals surface area contributed by atoms with Crippen LogP contribution in [-0.4, -0.2) is 0 Å². The molecule has 0 aliphatic carbocycles. The van der Waals surface area contributed by atoms with Crippen molar-refractivity contribution in [1.82, 2.24) is 0 Å². The second kappa shape index (κ2) is 15.4. The third kappa shape index (κ3) is 7.00. The fraction of sp³-hybridized carbons (Fsp3) is 0. The molecule has 9 aromatic carbocycles. The minimum absolute atomic E-state index is 1.09. The molecule has 55 heavy (non-hydrogen) atoms. The number of hydrogen-bond acceptors (Lipinski definition) is 1. The van der Waals surface area contributed by atoms with Gasteiger partial charge >= 0.3 is 0 Å². The summed E-state index contributed by atoms with van der Waals surface area (Å²) in [6.45, 7) is 0. The Morgan fingerprint density at radius 2 is 0.527 bits per heavy atom. The van der Waals surface area contributed by atoms with Crippen molar-refractivity contribution in [2.45, 2.75) is 0 Å². The van der Waals surface area contributed by atoms with Crippen molar-refractivity contribution >= 4 is 17.1 Å². The van der Waals surface area contributed by atoms with Crippen LogP contribution in [-0.2, 0) is 0 Å². The molecule has 0 saturated heterocycles. The highest BCUT2D eigenvalue weighted by molar-refractivity contribution is 5.97. The van der Waals surface area contributed by atoms with E-state index in [-0.39, 0.29) is 0 Å². The van der Waals surface area contributed by atoms with Gasteiger partial charge in [0.2, 0.25) is 0 Å². The van der Waals surface area contributed by atoms with E-state index in [0.717, 1.165) is 22.6 Å². The summed E-state index contributed by atoms with van der Waals surface area (Å²) in [7, 11) is 0. The van der Waals surface area contributed by atoms with Crippen molar-refractivity contribution in [3.8, 4) is 66.8 Å². The summed E-state index contributed by atoms with van der Waals surface area (Å²) >= 11 is 0. The molecule has 0 bridgehead atoms. The van der Waals surface area contributed by atoms with E-state index in [4.69, 9.17) is 0 Å². The molecule has 0 amide bonds. The number of nitrogens with zero attached hydrogens (tertiary/aromatic N) is 1. The largest absolute Gasteiger partial charge is 0.310 e. The second-order valence-corrected chi connectivity index (χ2v) is 13.7. The van der Waals surface area contributed by atoms with Gasteiger partial charge in [0.15, 0.2) is 0 Å². The number of para-hydroxylation sites is 1. The molecule has 9 aromatic rings. The van der Waals surface area contributed by atoms with Crippen molar-refractivity contribution in [2.75, 3.05) is 4.90 Å². The molecule has 0 fully saturated rings. The Labute approximate surface area is 324 Å². The van der Waals surface area contributed by atoms with Gasteiger partial charge in [-0.1, -0.05) is 200 Å². The molecule has 0 radical (unpaired) electrons. The van der Waals surface area contributed by atoms with E-state index in [2.05, 4.69) is 241 Å². The predicted molar refractivity (Wildman–Crippen MR) is 234 cm³/mol. The molecule has 0 aromatic heterocycles. The van der Waals surface area contributed by atoms with Gasteiger partial charge in [-0.3, -0.25) is 0 Å². The first-order valence-corrected chi connectivity index (χ1v) is 18.8. The van der Waals surface area contributed by atoms with E-state index in [9.17, 15) is 0 Å². The highest BCUT2D eigenvalue weighted by Gasteiger charge is 2.20. The van der Waals surface area contributed by atoms with Gasteiger partial charge in [-0.2, -0.15) is 0 Å². The maximum atomic E-state index is 2.40. The average molecular weight is 702 g/mol. The lowest BCUT2D eigenvalue weighted by atomic mass is 9.88. The zero-order valence-corrected chi connectivity index (χ0v) is 30.5. The fourth-order valence-electron chi connectivity index (χ4n) is 7.61. The van der Waals surface area contributed by atoms with Crippen LogP contribution in [0.2, 0.25) is 0 Å². The van der Waals surface area contributed by atoms with Gasteiger partial charge in [0.25, 0.3) is 0 Å². The van der Waals surface area contributed by atoms with E-state index in [1.807, 2.05) is 0 Å². The van der Waals surface area contributed by atoms with E-state index < -0.39 is 0 Å². The van der Waals surface area contributed by atoms with Crippen molar-refractivity contribution < 1.29 is 0 Å². The maximum Gasteiger partial charge on any atom is 0.0540 e. The van der Waals surface area contributed by atoms with E-state index in [0.29, 0.717) is 0 Å². The third-order valence-electron chi connectivity index (χ3n) is 10.3. The molecule has 0 saturated carbocycles. The fourth-order valence-corrected chi connectivity index (χ4v) is 7.61. The molecule has 0 N–H and O–H groups in total. The first kappa shape index (κ1) is 33.6. The normalized spacial score (nSPS) is 10.9. The highest BCUT2D eigenvalue weighted by atomic mass is 15.1. The zero-order chi connectivity index (χ0) is 36.8. The van der Waals surface area contributed by atoms with Gasteiger partial charge in [-0.25, -0.2) is 0 Å². The van der Waals surface area contributed by atoms with Crippen LogP contribution >= 0.6 is 0 Å². The van der Waals surface area contributed by atoms with Crippen LogP contribution in [0.25, 0.3) is 66.8 Å². The van der Waals surface area contributed by atoms with Crippen molar-refractivity contribution in [3.05, 3.63) is 237 Å². The van der Waals surface area contributed by atoms with Crippen molar-refractivity contribution in [3.63, 3.8) is 0 Å². The van der Waals surface area contributed by atoms with Crippen LogP contribution in [0.5, 0.6) is 0 Å². The molecule has 0 unspecified atom stereocenters. The number of anilines is 3. The SMILES string of the molecule is c1ccc(-c2ccc(N(c3ccc(-c4cccc(-c5ccccc5)c4)cc3)c3ccccc3-c3ccccc3-c3ccccc3-c3ccccc3)cc2)cc1. The highest BCUT2D eigenvalue weighted by Crippen LogP contribution is 2.45. The Morgan fingerprint density at radius 1 is 0.200 bits per heavy atom. The van der Waals surface area contributed by atoms with Crippen LogP contribution in [0, 0.1) is 0 Å². The van der Waals surface area contributed by atoms with Crippen LogP contribution in [0.4, 0.5) is 17.1 Å². The van der Waals surface area contributed by atoms with Gasteiger partial charge in [-0.15, -0.1) is 0 Å². The van der Waals surface area contributed by atoms with Gasteiger partial charge in [0, 0.05) is 16.9 Å². The second-order valence-electron chi connectivity index (χ2n) is 13.7. The monoisotopic (exact) mass is 701 g/mol. The first-order valence-electron chi connectivity index (χ1n) is 18.8. The summed E-state index contributed by atoms with van der Waals surface area (Å²) in [6, 6.07) is 85.0. The van der Waals surface area contributed by atoms with Crippen LogP contribution in [0.3, 0.4) is 0 Å². The molecule has 0 atom stereocenters. The maximum absolute atomic E-state index is 2.40. The molecule has 9 rings (SSSR count). The standard InChI is InChI=1S/C54H39N/c1-4-17-40(18-5-1)42-31-35-47(36-32-42)55(48-37-33-43(34-38-48)46-24-16-23-45(39-46)41-19-6-2-7-20-41)54-30-15-14-29-53(54)52-28-13-12-27-51(52)50-26-11-10-25-49(50)44-21-8-3-9-22-44/h1-39H. The van der Waals surface area contributed by atoms with E-state index in [1.54, 1.807) is 0 Å². The average Bonchev–Trinajstić information content (AvgIpc) is 3.28. The Morgan fingerprint density at radius 3 is 1.05 bits per heavy atom. The molecule has 1 heteroatoms. The van der Waals surface area contributed by atoms with Gasteiger partial charge in [0.05, 0.1) is 5.69 Å². The Kier molecular flexibility index (Phi) is 9.41. The lowest BCUT2D eigenvalue weighted by Crippen LogP contribution is -2.11. The molecule has 0 aliphatic rings. The molecule has 0 spiro atoms. The Bertz CT molecular complexity index is 2660. The number of hydrogen-bond donors (Lipinski definition) is 0. The lowest BCUT2D eigenvalue weighted by molar-refractivity contribution is 1.28. The minimum atomic E-state index is 1.09. The summed E-state index contributed by atoms with van der Waals surface area (Å²) < 4.78 is 0. The van der Waals surface area contributed by atoms with Gasteiger partial charge in [0.1, 0.15) is 0 Å². The van der Waals surface area contributed by atoms with Crippen LogP contribution < -0.4 is 4.90 Å².